The topological polar surface area (TPSA) is 94.4 Å². The van der Waals surface area contributed by atoms with E-state index in [0.717, 1.165) is 13.0 Å². The lowest BCUT2D eigenvalue weighted by atomic mass is 10.0. The second kappa shape index (κ2) is 4.26. The summed E-state index contributed by atoms with van der Waals surface area (Å²) in [6.07, 6.45) is 0.987. The molecule has 0 saturated carbocycles. The number of aromatic nitrogens is 2. The van der Waals surface area contributed by atoms with Crippen molar-refractivity contribution in [3.8, 4) is 0 Å². The predicted molar refractivity (Wildman–Crippen MR) is 51.1 cm³/mol. The van der Waals surface area contributed by atoms with E-state index >= 15 is 0 Å². The summed E-state index contributed by atoms with van der Waals surface area (Å²) in [5, 5.41) is 12.6. The molecule has 0 bridgehead atoms. The van der Waals surface area contributed by atoms with Crippen LogP contribution in [-0.4, -0.2) is 34.6 Å². The Kier molecular flexibility index (Phi) is 2.99. The standard InChI is InChI=1S/C9H15N3O3/c1-5-6(2-3-14-5)9-11-8(12-15-9)7(10)4-13/h5-7,13H,2-4,10H2,1H3. The molecule has 6 heteroatoms. The minimum atomic E-state index is -0.569. The van der Waals surface area contributed by atoms with Gasteiger partial charge in [-0.3, -0.25) is 0 Å². The summed E-state index contributed by atoms with van der Waals surface area (Å²) in [5.74, 6) is 1.06. The number of hydrogen-bond acceptors (Lipinski definition) is 6. The third-order valence-electron chi connectivity index (χ3n) is 2.68. The molecule has 1 saturated heterocycles. The van der Waals surface area contributed by atoms with Crippen molar-refractivity contribution in [3.63, 3.8) is 0 Å². The molecule has 2 rings (SSSR count). The molecule has 3 unspecified atom stereocenters. The van der Waals surface area contributed by atoms with Gasteiger partial charge in [-0.1, -0.05) is 5.16 Å². The minimum absolute atomic E-state index is 0.101. The van der Waals surface area contributed by atoms with Gasteiger partial charge in [0.05, 0.1) is 24.7 Å². The summed E-state index contributed by atoms with van der Waals surface area (Å²) in [4.78, 5) is 4.17. The zero-order valence-corrected chi connectivity index (χ0v) is 8.59. The van der Waals surface area contributed by atoms with Crippen molar-refractivity contribution in [1.29, 1.82) is 0 Å². The van der Waals surface area contributed by atoms with Crippen LogP contribution in [0.5, 0.6) is 0 Å². The first-order chi connectivity index (χ1) is 7.22. The molecule has 0 amide bonds. The van der Waals surface area contributed by atoms with E-state index in [1.807, 2.05) is 6.92 Å². The van der Waals surface area contributed by atoms with Gasteiger partial charge in [-0.15, -0.1) is 0 Å². The minimum Gasteiger partial charge on any atom is -0.394 e. The normalized spacial score (nSPS) is 28.2. The van der Waals surface area contributed by atoms with E-state index < -0.39 is 6.04 Å². The number of ether oxygens (including phenoxy) is 1. The number of nitrogens with two attached hydrogens (primary N) is 1. The molecule has 2 heterocycles. The largest absolute Gasteiger partial charge is 0.394 e. The van der Waals surface area contributed by atoms with Crippen LogP contribution in [-0.2, 0) is 4.74 Å². The first-order valence-electron chi connectivity index (χ1n) is 5.04. The Balaban J connectivity index is 2.12. The molecule has 1 aromatic rings. The predicted octanol–water partition coefficient (Wildman–Crippen LogP) is -0.0459. The molecule has 1 aliphatic rings. The number of nitrogens with zero attached hydrogens (tertiary/aromatic N) is 2. The van der Waals surface area contributed by atoms with E-state index in [-0.39, 0.29) is 18.6 Å². The van der Waals surface area contributed by atoms with Gasteiger partial charge in [-0.2, -0.15) is 4.98 Å². The lowest BCUT2D eigenvalue weighted by molar-refractivity contribution is 0.113. The second-order valence-electron chi connectivity index (χ2n) is 3.75. The van der Waals surface area contributed by atoms with Crippen molar-refractivity contribution in [2.24, 2.45) is 5.73 Å². The van der Waals surface area contributed by atoms with E-state index in [2.05, 4.69) is 10.1 Å². The summed E-state index contributed by atoms with van der Waals surface area (Å²) >= 11 is 0. The zero-order chi connectivity index (χ0) is 10.8. The van der Waals surface area contributed by atoms with Crippen molar-refractivity contribution in [2.75, 3.05) is 13.2 Å². The van der Waals surface area contributed by atoms with E-state index in [1.54, 1.807) is 0 Å². The van der Waals surface area contributed by atoms with E-state index in [4.69, 9.17) is 20.1 Å². The molecule has 0 aliphatic carbocycles. The fourth-order valence-corrected chi connectivity index (χ4v) is 1.69. The fraction of sp³-hybridized carbons (Fsp3) is 0.778. The molecular formula is C9H15N3O3. The molecule has 0 spiro atoms. The third kappa shape index (κ3) is 2.01. The lowest BCUT2D eigenvalue weighted by Crippen LogP contribution is -2.16. The van der Waals surface area contributed by atoms with Crippen molar-refractivity contribution in [2.45, 2.75) is 31.4 Å². The van der Waals surface area contributed by atoms with Crippen LogP contribution in [0.3, 0.4) is 0 Å². The number of aliphatic hydroxyl groups is 1. The van der Waals surface area contributed by atoms with Crippen LogP contribution in [0.1, 0.15) is 37.0 Å². The van der Waals surface area contributed by atoms with Gasteiger partial charge in [-0.25, -0.2) is 0 Å². The Morgan fingerprint density at radius 2 is 2.47 bits per heavy atom. The lowest BCUT2D eigenvalue weighted by Gasteiger charge is -2.07. The quantitative estimate of drug-likeness (QED) is 0.731. The summed E-state index contributed by atoms with van der Waals surface area (Å²) in [6.45, 7) is 2.51. The molecule has 15 heavy (non-hydrogen) atoms. The maximum Gasteiger partial charge on any atom is 0.232 e. The van der Waals surface area contributed by atoms with Gasteiger partial charge >= 0.3 is 0 Å². The molecule has 6 nitrogen and oxygen atoms in total. The van der Waals surface area contributed by atoms with Crippen LogP contribution in [0.25, 0.3) is 0 Å². The highest BCUT2D eigenvalue weighted by Gasteiger charge is 2.31. The summed E-state index contributed by atoms with van der Waals surface area (Å²) in [5.41, 5.74) is 5.57. The van der Waals surface area contributed by atoms with Gasteiger partial charge in [0, 0.05) is 6.61 Å². The Hall–Kier alpha value is -0.980. The highest BCUT2D eigenvalue weighted by Crippen LogP contribution is 2.30. The Morgan fingerprint density at radius 3 is 3.07 bits per heavy atom. The maximum atomic E-state index is 8.84. The van der Waals surface area contributed by atoms with Gasteiger partial charge in [0.15, 0.2) is 5.82 Å². The zero-order valence-electron chi connectivity index (χ0n) is 8.59. The third-order valence-corrected chi connectivity index (χ3v) is 2.68. The van der Waals surface area contributed by atoms with Crippen LogP contribution in [0.2, 0.25) is 0 Å². The number of aliphatic hydroxyl groups excluding tert-OH is 1. The first kappa shape index (κ1) is 10.5. The van der Waals surface area contributed by atoms with Gasteiger partial charge < -0.3 is 20.1 Å². The van der Waals surface area contributed by atoms with Gasteiger partial charge in [-0.05, 0) is 13.3 Å². The van der Waals surface area contributed by atoms with Crippen LogP contribution < -0.4 is 5.73 Å². The molecule has 3 atom stereocenters. The fourth-order valence-electron chi connectivity index (χ4n) is 1.69. The van der Waals surface area contributed by atoms with Gasteiger partial charge in [0.2, 0.25) is 5.89 Å². The molecule has 1 aromatic heterocycles. The summed E-state index contributed by atoms with van der Waals surface area (Å²) < 4.78 is 10.5. The Morgan fingerprint density at radius 1 is 1.67 bits per heavy atom. The monoisotopic (exact) mass is 213 g/mol. The van der Waals surface area contributed by atoms with Crippen LogP contribution in [0.4, 0.5) is 0 Å². The molecule has 1 aliphatic heterocycles. The summed E-state index contributed by atoms with van der Waals surface area (Å²) in [7, 11) is 0. The Bertz CT molecular complexity index is 328. The van der Waals surface area contributed by atoms with E-state index in [9.17, 15) is 0 Å². The highest BCUT2D eigenvalue weighted by molar-refractivity contribution is 5.01. The molecule has 84 valence electrons. The molecule has 0 aromatic carbocycles. The molecule has 1 fully saturated rings. The van der Waals surface area contributed by atoms with Gasteiger partial charge in [0.25, 0.3) is 0 Å². The van der Waals surface area contributed by atoms with Crippen LogP contribution in [0, 0.1) is 0 Å². The number of rotatable bonds is 3. The Labute approximate surface area is 87.4 Å². The SMILES string of the molecule is CC1OCCC1c1nc(C(N)CO)no1. The second-order valence-corrected chi connectivity index (χ2v) is 3.75. The summed E-state index contributed by atoms with van der Waals surface area (Å²) in [6, 6.07) is -0.569. The first-order valence-corrected chi connectivity index (χ1v) is 5.04. The number of hydrogen-bond donors (Lipinski definition) is 2. The van der Waals surface area contributed by atoms with E-state index in [0.29, 0.717) is 11.7 Å². The average molecular weight is 213 g/mol. The van der Waals surface area contributed by atoms with Crippen molar-refractivity contribution in [1.82, 2.24) is 10.1 Å². The van der Waals surface area contributed by atoms with Crippen molar-refractivity contribution >= 4 is 0 Å². The van der Waals surface area contributed by atoms with E-state index in [1.165, 1.54) is 0 Å². The van der Waals surface area contributed by atoms with Crippen LogP contribution in [0.15, 0.2) is 4.52 Å². The highest BCUT2D eigenvalue weighted by atomic mass is 16.5. The maximum absolute atomic E-state index is 8.84. The molecular weight excluding hydrogens is 198 g/mol. The van der Waals surface area contributed by atoms with Crippen LogP contribution >= 0.6 is 0 Å². The molecule has 0 radical (unpaired) electrons. The van der Waals surface area contributed by atoms with Crippen molar-refractivity contribution < 1.29 is 14.4 Å². The van der Waals surface area contributed by atoms with Crippen molar-refractivity contribution in [3.05, 3.63) is 11.7 Å². The van der Waals surface area contributed by atoms with Gasteiger partial charge in [0.1, 0.15) is 0 Å². The molecule has 3 N–H and O–H groups in total. The average Bonchev–Trinajstić information content (AvgIpc) is 2.84. The smallest absolute Gasteiger partial charge is 0.232 e.